The summed E-state index contributed by atoms with van der Waals surface area (Å²) in [6.45, 7) is 4.84. The first kappa shape index (κ1) is 20.9. The van der Waals surface area contributed by atoms with E-state index in [4.69, 9.17) is 16.6 Å². The molecule has 1 aliphatic heterocycles. The standard InChI is InChI=1S/C27H24ClN5O/c1-17-7-10-24-22(13-17)30-25-11-12-27(2,15-32(24)25)31-26(34)19-9-8-18(14-20(19)28)33-16-29-21-5-3-4-6-23(21)33/h3-10,13-14,16H,11-12,15H2,1-2H3,(H,31,34)/t27-/m1/s1. The zero-order chi connectivity index (χ0) is 23.4. The second-order valence-electron chi connectivity index (χ2n) is 9.39. The summed E-state index contributed by atoms with van der Waals surface area (Å²) in [7, 11) is 0. The smallest absolute Gasteiger partial charge is 0.253 e. The molecule has 7 heteroatoms. The van der Waals surface area contributed by atoms with Gasteiger partial charge in [0.1, 0.15) is 12.2 Å². The highest BCUT2D eigenvalue weighted by molar-refractivity contribution is 6.34. The Hall–Kier alpha value is -3.64. The molecule has 170 valence electrons. The van der Waals surface area contributed by atoms with Crippen molar-refractivity contribution >= 4 is 39.6 Å². The van der Waals surface area contributed by atoms with Gasteiger partial charge in [-0.2, -0.15) is 0 Å². The van der Waals surface area contributed by atoms with Crippen LogP contribution in [-0.4, -0.2) is 30.5 Å². The van der Waals surface area contributed by atoms with E-state index in [2.05, 4.69) is 46.9 Å². The van der Waals surface area contributed by atoms with Crippen molar-refractivity contribution in [2.24, 2.45) is 0 Å². The van der Waals surface area contributed by atoms with Crippen molar-refractivity contribution in [3.05, 3.63) is 89.0 Å². The number of nitrogens with zero attached hydrogens (tertiary/aromatic N) is 4. The van der Waals surface area contributed by atoms with Gasteiger partial charge in [0.2, 0.25) is 0 Å². The van der Waals surface area contributed by atoms with Gasteiger partial charge in [0, 0.05) is 18.7 Å². The summed E-state index contributed by atoms with van der Waals surface area (Å²) in [5.74, 6) is 0.903. The summed E-state index contributed by atoms with van der Waals surface area (Å²) >= 11 is 6.60. The van der Waals surface area contributed by atoms with E-state index in [1.54, 1.807) is 12.4 Å². The number of halogens is 1. The molecule has 2 aromatic heterocycles. The van der Waals surface area contributed by atoms with Crippen LogP contribution in [-0.2, 0) is 13.0 Å². The number of nitrogens with one attached hydrogen (secondary N) is 1. The first-order valence-electron chi connectivity index (χ1n) is 11.4. The van der Waals surface area contributed by atoms with E-state index in [9.17, 15) is 4.79 Å². The Morgan fingerprint density at radius 3 is 2.76 bits per heavy atom. The van der Waals surface area contributed by atoms with Crippen LogP contribution < -0.4 is 5.32 Å². The summed E-state index contributed by atoms with van der Waals surface area (Å²) in [6, 6.07) is 19.8. The summed E-state index contributed by atoms with van der Waals surface area (Å²) < 4.78 is 4.20. The van der Waals surface area contributed by atoms with Gasteiger partial charge in [0.15, 0.2) is 0 Å². The highest BCUT2D eigenvalue weighted by Crippen LogP contribution is 2.30. The van der Waals surface area contributed by atoms with Crippen LogP contribution >= 0.6 is 11.6 Å². The van der Waals surface area contributed by atoms with Gasteiger partial charge in [-0.15, -0.1) is 0 Å². The van der Waals surface area contributed by atoms with Crippen LogP contribution in [0.2, 0.25) is 5.02 Å². The minimum atomic E-state index is -0.398. The fourth-order valence-corrected chi connectivity index (χ4v) is 5.18. The molecule has 0 unspecified atom stereocenters. The fourth-order valence-electron chi connectivity index (χ4n) is 4.92. The molecule has 3 aromatic carbocycles. The third-order valence-electron chi connectivity index (χ3n) is 6.73. The van der Waals surface area contributed by atoms with Crippen molar-refractivity contribution in [2.75, 3.05) is 0 Å². The predicted octanol–water partition coefficient (Wildman–Crippen LogP) is 5.47. The number of hydrogen-bond acceptors (Lipinski definition) is 3. The SMILES string of the molecule is Cc1ccc2c(c1)nc1n2C[C@](C)(NC(=O)c2ccc(-n3cnc4ccccc43)cc2Cl)CC1. The monoisotopic (exact) mass is 469 g/mol. The molecule has 5 aromatic rings. The van der Waals surface area contributed by atoms with E-state index in [1.807, 2.05) is 41.0 Å². The van der Waals surface area contributed by atoms with Crippen molar-refractivity contribution in [1.29, 1.82) is 0 Å². The summed E-state index contributed by atoms with van der Waals surface area (Å²) in [5.41, 5.74) is 6.14. The van der Waals surface area contributed by atoms with Gasteiger partial charge < -0.3 is 9.88 Å². The molecule has 0 spiro atoms. The van der Waals surface area contributed by atoms with Crippen LogP contribution in [0, 0.1) is 6.92 Å². The quantitative estimate of drug-likeness (QED) is 0.381. The van der Waals surface area contributed by atoms with Gasteiger partial charge in [0.05, 0.1) is 38.2 Å². The van der Waals surface area contributed by atoms with Crippen LogP contribution in [0.4, 0.5) is 0 Å². The number of amides is 1. The van der Waals surface area contributed by atoms with Gasteiger partial charge >= 0.3 is 0 Å². The maximum absolute atomic E-state index is 13.3. The number of aromatic nitrogens is 4. The van der Waals surface area contributed by atoms with E-state index in [0.29, 0.717) is 17.1 Å². The number of carbonyl (C=O) groups is 1. The molecule has 0 aliphatic carbocycles. The lowest BCUT2D eigenvalue weighted by Crippen LogP contribution is -2.51. The Labute approximate surface area is 202 Å². The first-order chi connectivity index (χ1) is 16.4. The highest BCUT2D eigenvalue weighted by atomic mass is 35.5. The predicted molar refractivity (Wildman–Crippen MR) is 135 cm³/mol. The molecule has 1 atom stereocenters. The molecule has 0 saturated carbocycles. The molecule has 0 radical (unpaired) electrons. The Morgan fingerprint density at radius 1 is 1.06 bits per heavy atom. The van der Waals surface area contributed by atoms with Gasteiger partial charge in [-0.05, 0) is 68.3 Å². The number of carbonyl (C=O) groups excluding carboxylic acids is 1. The molecule has 34 heavy (non-hydrogen) atoms. The number of benzene rings is 3. The fraction of sp³-hybridized carbons (Fsp3) is 0.222. The number of para-hydroxylation sites is 2. The molecular formula is C27H24ClN5O. The Bertz CT molecular complexity index is 1580. The summed E-state index contributed by atoms with van der Waals surface area (Å²) in [5, 5.41) is 3.67. The highest BCUT2D eigenvalue weighted by Gasteiger charge is 2.33. The van der Waals surface area contributed by atoms with E-state index in [0.717, 1.165) is 46.4 Å². The number of aryl methyl sites for hydroxylation is 2. The number of hydrogen-bond donors (Lipinski definition) is 1. The summed E-state index contributed by atoms with van der Waals surface area (Å²) in [4.78, 5) is 22.5. The zero-order valence-corrected chi connectivity index (χ0v) is 19.8. The molecular weight excluding hydrogens is 446 g/mol. The number of fused-ring (bicyclic) bond motifs is 4. The first-order valence-corrected chi connectivity index (χ1v) is 11.8. The number of rotatable bonds is 3. The van der Waals surface area contributed by atoms with E-state index >= 15 is 0 Å². The molecule has 6 rings (SSSR count). The topological polar surface area (TPSA) is 64.7 Å². The van der Waals surface area contributed by atoms with Gasteiger partial charge in [0.25, 0.3) is 5.91 Å². The molecule has 1 aliphatic rings. The van der Waals surface area contributed by atoms with Crippen LogP contribution in [0.1, 0.15) is 35.1 Å². The van der Waals surface area contributed by atoms with E-state index in [1.165, 1.54) is 5.56 Å². The van der Waals surface area contributed by atoms with Crippen LogP contribution in [0.5, 0.6) is 0 Å². The molecule has 0 fully saturated rings. The third-order valence-corrected chi connectivity index (χ3v) is 7.05. The van der Waals surface area contributed by atoms with Gasteiger partial charge in [-0.25, -0.2) is 9.97 Å². The molecule has 0 saturated heterocycles. The van der Waals surface area contributed by atoms with Gasteiger partial charge in [-0.1, -0.05) is 29.8 Å². The zero-order valence-electron chi connectivity index (χ0n) is 19.0. The minimum absolute atomic E-state index is 0.168. The lowest BCUT2D eigenvalue weighted by atomic mass is 9.91. The van der Waals surface area contributed by atoms with Crippen molar-refractivity contribution in [2.45, 2.75) is 38.8 Å². The van der Waals surface area contributed by atoms with E-state index < -0.39 is 5.54 Å². The Balaban J connectivity index is 1.26. The molecule has 0 bridgehead atoms. The molecule has 6 nitrogen and oxygen atoms in total. The Kier molecular flexibility index (Phi) is 4.74. The van der Waals surface area contributed by atoms with Crippen LogP contribution in [0.25, 0.3) is 27.8 Å². The van der Waals surface area contributed by atoms with Crippen molar-refractivity contribution in [3.8, 4) is 5.69 Å². The molecule has 3 heterocycles. The largest absolute Gasteiger partial charge is 0.345 e. The average Bonchev–Trinajstić information content (AvgIpc) is 3.39. The maximum atomic E-state index is 13.3. The number of imidazole rings is 2. The van der Waals surface area contributed by atoms with Crippen LogP contribution in [0.3, 0.4) is 0 Å². The second-order valence-corrected chi connectivity index (χ2v) is 9.80. The Morgan fingerprint density at radius 2 is 1.91 bits per heavy atom. The van der Waals surface area contributed by atoms with Crippen molar-refractivity contribution in [3.63, 3.8) is 0 Å². The lowest BCUT2D eigenvalue weighted by Gasteiger charge is -2.35. The maximum Gasteiger partial charge on any atom is 0.253 e. The third kappa shape index (κ3) is 3.46. The average molecular weight is 470 g/mol. The molecule has 1 amide bonds. The van der Waals surface area contributed by atoms with Crippen molar-refractivity contribution in [1.82, 2.24) is 24.4 Å². The molecule has 1 N–H and O–H groups in total. The second kappa shape index (κ2) is 7.71. The van der Waals surface area contributed by atoms with E-state index in [-0.39, 0.29) is 5.91 Å². The minimum Gasteiger partial charge on any atom is -0.345 e. The summed E-state index contributed by atoms with van der Waals surface area (Å²) in [6.07, 6.45) is 3.40. The van der Waals surface area contributed by atoms with Gasteiger partial charge in [-0.3, -0.25) is 9.36 Å². The van der Waals surface area contributed by atoms with Crippen molar-refractivity contribution < 1.29 is 4.79 Å². The van der Waals surface area contributed by atoms with Crippen LogP contribution in [0.15, 0.2) is 67.0 Å². The lowest BCUT2D eigenvalue weighted by molar-refractivity contribution is 0.0883. The normalized spacial score (nSPS) is 17.7.